The molecular weight excluding hydrogens is 410 g/mol. The van der Waals surface area contributed by atoms with E-state index in [9.17, 15) is 4.79 Å². The topological polar surface area (TPSA) is 72.0 Å². The molecule has 2 aromatic carbocycles. The molecule has 0 aromatic heterocycles. The summed E-state index contributed by atoms with van der Waals surface area (Å²) in [5.74, 6) is 2.09. The van der Waals surface area contributed by atoms with Crippen molar-refractivity contribution in [2.24, 2.45) is 4.99 Å². The number of hydrogen-bond acceptors (Lipinski definition) is 6. The number of amidine groups is 1. The van der Waals surface area contributed by atoms with Gasteiger partial charge in [0.2, 0.25) is 0 Å². The molecule has 164 valence electrons. The van der Waals surface area contributed by atoms with Gasteiger partial charge in [-0.2, -0.15) is 0 Å². The summed E-state index contributed by atoms with van der Waals surface area (Å²) in [6.45, 7) is 4.08. The summed E-state index contributed by atoms with van der Waals surface area (Å²) in [5.41, 5.74) is 2.90. The number of rotatable bonds is 8. The Hall–Kier alpha value is -2.93. The third-order valence-electron chi connectivity index (χ3n) is 4.97. The van der Waals surface area contributed by atoms with Gasteiger partial charge in [0.15, 0.2) is 5.17 Å². The Labute approximate surface area is 188 Å². The van der Waals surface area contributed by atoms with E-state index >= 15 is 0 Å². The quantitative estimate of drug-likeness (QED) is 0.557. The molecule has 0 aliphatic carbocycles. The molecule has 7 heteroatoms. The van der Waals surface area contributed by atoms with Crippen LogP contribution in [-0.4, -0.2) is 31.0 Å². The molecule has 1 atom stereocenters. The molecule has 1 aliphatic rings. The highest BCUT2D eigenvalue weighted by Crippen LogP contribution is 2.39. The van der Waals surface area contributed by atoms with Crippen molar-refractivity contribution < 1.29 is 14.3 Å². The SMILES string of the molecule is CCCCSC1=NC(c2ccc(OC)cc2OC)C(C(=O)Nc2ccccc2)=C(C)N1. The number of thioether (sulfide) groups is 1. The van der Waals surface area contributed by atoms with E-state index < -0.39 is 6.04 Å². The van der Waals surface area contributed by atoms with Crippen molar-refractivity contribution in [2.45, 2.75) is 32.7 Å². The number of anilines is 1. The van der Waals surface area contributed by atoms with Crippen LogP contribution in [0.15, 0.2) is 64.8 Å². The van der Waals surface area contributed by atoms with E-state index in [4.69, 9.17) is 14.5 Å². The van der Waals surface area contributed by atoms with Crippen LogP contribution in [0.25, 0.3) is 0 Å². The van der Waals surface area contributed by atoms with Crippen LogP contribution in [0, 0.1) is 0 Å². The van der Waals surface area contributed by atoms with Crippen molar-refractivity contribution in [1.82, 2.24) is 5.32 Å². The van der Waals surface area contributed by atoms with Crippen LogP contribution in [-0.2, 0) is 4.79 Å². The van der Waals surface area contributed by atoms with E-state index in [1.807, 2.05) is 55.5 Å². The standard InChI is InChI=1S/C24H29N3O3S/c1-5-6-14-31-24-25-16(2)21(23(28)26-17-10-8-7-9-11-17)22(27-24)19-13-12-18(29-3)15-20(19)30-4/h7-13,15,22H,5-6,14H2,1-4H3,(H,25,27)(H,26,28). The number of unbranched alkanes of at least 4 members (excludes halogenated alkanes) is 1. The second kappa shape index (κ2) is 10.9. The number of methoxy groups -OCH3 is 2. The lowest BCUT2D eigenvalue weighted by atomic mass is 9.95. The molecule has 0 spiro atoms. The molecule has 0 bridgehead atoms. The first-order valence-corrected chi connectivity index (χ1v) is 11.3. The van der Waals surface area contributed by atoms with Gasteiger partial charge in [-0.25, -0.2) is 4.99 Å². The number of para-hydroxylation sites is 1. The predicted molar refractivity (Wildman–Crippen MR) is 128 cm³/mol. The molecule has 2 N–H and O–H groups in total. The van der Waals surface area contributed by atoms with Gasteiger partial charge in [-0.3, -0.25) is 4.79 Å². The Kier molecular flexibility index (Phi) is 8.00. The lowest BCUT2D eigenvalue weighted by Gasteiger charge is -2.27. The minimum atomic E-state index is -0.491. The minimum absolute atomic E-state index is 0.194. The van der Waals surface area contributed by atoms with Gasteiger partial charge in [-0.05, 0) is 37.6 Å². The monoisotopic (exact) mass is 439 g/mol. The summed E-state index contributed by atoms with van der Waals surface area (Å²) >= 11 is 1.67. The van der Waals surface area contributed by atoms with Crippen molar-refractivity contribution in [3.8, 4) is 11.5 Å². The Morgan fingerprint density at radius 1 is 1.16 bits per heavy atom. The average molecular weight is 440 g/mol. The summed E-state index contributed by atoms with van der Waals surface area (Å²) in [6.07, 6.45) is 2.22. The first-order valence-electron chi connectivity index (χ1n) is 10.3. The molecule has 0 fully saturated rings. The highest BCUT2D eigenvalue weighted by atomic mass is 32.2. The lowest BCUT2D eigenvalue weighted by Crippen LogP contribution is -2.32. The van der Waals surface area contributed by atoms with Crippen LogP contribution in [0.4, 0.5) is 5.69 Å². The maximum absolute atomic E-state index is 13.3. The number of carbonyl (C=O) groups is 1. The number of allylic oxidation sites excluding steroid dienone is 1. The van der Waals surface area contributed by atoms with Gasteiger partial charge in [0.05, 0.1) is 19.8 Å². The third kappa shape index (κ3) is 5.61. The third-order valence-corrected chi connectivity index (χ3v) is 5.94. The van der Waals surface area contributed by atoms with E-state index in [0.717, 1.165) is 40.7 Å². The largest absolute Gasteiger partial charge is 0.497 e. The Bertz CT molecular complexity index is 973. The summed E-state index contributed by atoms with van der Waals surface area (Å²) in [7, 11) is 3.22. The summed E-state index contributed by atoms with van der Waals surface area (Å²) < 4.78 is 11.0. The van der Waals surface area contributed by atoms with Crippen LogP contribution in [0.5, 0.6) is 11.5 Å². The highest BCUT2D eigenvalue weighted by Gasteiger charge is 2.31. The van der Waals surface area contributed by atoms with Crippen LogP contribution < -0.4 is 20.1 Å². The number of benzene rings is 2. The van der Waals surface area contributed by atoms with Gasteiger partial charge in [0, 0.05) is 28.8 Å². The zero-order valence-electron chi connectivity index (χ0n) is 18.4. The number of hydrogen-bond donors (Lipinski definition) is 2. The maximum atomic E-state index is 13.3. The van der Waals surface area contributed by atoms with E-state index in [1.54, 1.807) is 26.0 Å². The average Bonchev–Trinajstić information content (AvgIpc) is 2.79. The van der Waals surface area contributed by atoms with E-state index in [1.165, 1.54) is 0 Å². The molecule has 3 rings (SSSR count). The highest BCUT2D eigenvalue weighted by molar-refractivity contribution is 8.13. The molecule has 1 aliphatic heterocycles. The fraction of sp³-hybridized carbons (Fsp3) is 0.333. The smallest absolute Gasteiger partial charge is 0.255 e. The maximum Gasteiger partial charge on any atom is 0.255 e. The summed E-state index contributed by atoms with van der Waals surface area (Å²) in [5, 5.41) is 7.12. The fourth-order valence-corrected chi connectivity index (χ4v) is 4.35. The number of nitrogens with zero attached hydrogens (tertiary/aromatic N) is 1. The Morgan fingerprint density at radius 3 is 2.61 bits per heavy atom. The first kappa shape index (κ1) is 22.7. The second-order valence-corrected chi connectivity index (χ2v) is 8.21. The van der Waals surface area contributed by atoms with E-state index in [-0.39, 0.29) is 5.91 Å². The van der Waals surface area contributed by atoms with Crippen LogP contribution >= 0.6 is 11.8 Å². The van der Waals surface area contributed by atoms with Crippen molar-refractivity contribution in [3.05, 3.63) is 65.4 Å². The molecule has 2 aromatic rings. The zero-order valence-corrected chi connectivity index (χ0v) is 19.2. The lowest BCUT2D eigenvalue weighted by molar-refractivity contribution is -0.113. The van der Waals surface area contributed by atoms with Crippen LogP contribution in [0.2, 0.25) is 0 Å². The molecule has 0 saturated carbocycles. The second-order valence-electron chi connectivity index (χ2n) is 7.13. The van der Waals surface area contributed by atoms with Gasteiger partial charge in [-0.15, -0.1) is 0 Å². The fourth-order valence-electron chi connectivity index (χ4n) is 3.32. The van der Waals surface area contributed by atoms with Crippen LogP contribution in [0.1, 0.15) is 38.3 Å². The van der Waals surface area contributed by atoms with Crippen molar-refractivity contribution in [3.63, 3.8) is 0 Å². The zero-order chi connectivity index (χ0) is 22.2. The van der Waals surface area contributed by atoms with Gasteiger partial charge in [0.25, 0.3) is 5.91 Å². The molecule has 1 heterocycles. The van der Waals surface area contributed by atoms with Crippen molar-refractivity contribution in [1.29, 1.82) is 0 Å². The molecule has 31 heavy (non-hydrogen) atoms. The van der Waals surface area contributed by atoms with Crippen molar-refractivity contribution in [2.75, 3.05) is 25.3 Å². The number of nitrogens with one attached hydrogen (secondary N) is 2. The molecule has 1 amide bonds. The normalized spacial score (nSPS) is 15.7. The van der Waals surface area contributed by atoms with Gasteiger partial charge >= 0.3 is 0 Å². The van der Waals surface area contributed by atoms with Gasteiger partial charge in [0.1, 0.15) is 17.5 Å². The number of carbonyl (C=O) groups excluding carboxylic acids is 1. The number of aliphatic imine (C=N–C) groups is 1. The number of amides is 1. The predicted octanol–water partition coefficient (Wildman–Crippen LogP) is 5.15. The van der Waals surface area contributed by atoms with Crippen molar-refractivity contribution >= 4 is 28.5 Å². The molecule has 1 unspecified atom stereocenters. The summed E-state index contributed by atoms with van der Waals surface area (Å²) in [4.78, 5) is 18.2. The van der Waals surface area contributed by atoms with Gasteiger partial charge < -0.3 is 20.1 Å². The molecule has 0 saturated heterocycles. The Balaban J connectivity index is 1.99. The molecular formula is C24H29N3O3S. The first-order chi connectivity index (χ1) is 15.1. The minimum Gasteiger partial charge on any atom is -0.497 e. The van der Waals surface area contributed by atoms with Gasteiger partial charge in [-0.1, -0.05) is 43.3 Å². The van der Waals surface area contributed by atoms with E-state index in [0.29, 0.717) is 17.1 Å². The van der Waals surface area contributed by atoms with E-state index in [2.05, 4.69) is 17.6 Å². The summed E-state index contributed by atoms with van der Waals surface area (Å²) in [6, 6.07) is 14.5. The number of ether oxygens (including phenoxy) is 2. The Morgan fingerprint density at radius 2 is 1.94 bits per heavy atom. The van der Waals surface area contributed by atoms with Crippen LogP contribution in [0.3, 0.4) is 0 Å². The molecule has 0 radical (unpaired) electrons. The molecule has 6 nitrogen and oxygen atoms in total.